The number of nitrogens with zero attached hydrogens (tertiary/aromatic N) is 1. The molecule has 3 rings (SSSR count). The molecule has 5 nitrogen and oxygen atoms in total. The van der Waals surface area contributed by atoms with Gasteiger partial charge in [0.15, 0.2) is 0 Å². The fourth-order valence-corrected chi connectivity index (χ4v) is 3.55. The molecular formula is C20H23BrN2O3. The van der Waals surface area contributed by atoms with Crippen LogP contribution in [0.3, 0.4) is 0 Å². The van der Waals surface area contributed by atoms with E-state index in [0.29, 0.717) is 23.1 Å². The Kier molecular flexibility index (Phi) is 6.04. The van der Waals surface area contributed by atoms with Gasteiger partial charge in [0.2, 0.25) is 0 Å². The molecule has 0 aliphatic carbocycles. The van der Waals surface area contributed by atoms with Gasteiger partial charge in [-0.05, 0) is 43.2 Å². The van der Waals surface area contributed by atoms with Gasteiger partial charge in [0, 0.05) is 40.9 Å². The van der Waals surface area contributed by atoms with E-state index in [1.807, 2.05) is 17.0 Å². The minimum absolute atomic E-state index is 0.0168. The predicted octanol–water partition coefficient (Wildman–Crippen LogP) is 4.18. The lowest BCUT2D eigenvalue weighted by Crippen LogP contribution is -2.42. The number of piperidine rings is 1. The topological polar surface area (TPSA) is 50.8 Å². The first-order valence-corrected chi connectivity index (χ1v) is 9.43. The summed E-state index contributed by atoms with van der Waals surface area (Å²) < 4.78 is 11.6. The summed E-state index contributed by atoms with van der Waals surface area (Å²) in [6.07, 6.45) is 1.83. The largest absolute Gasteiger partial charge is 0.497 e. The molecule has 0 radical (unpaired) electrons. The van der Waals surface area contributed by atoms with Crippen molar-refractivity contribution in [2.24, 2.45) is 0 Å². The second-order valence-corrected chi connectivity index (χ2v) is 7.24. The molecule has 0 atom stereocenters. The van der Waals surface area contributed by atoms with Crippen LogP contribution in [0, 0.1) is 0 Å². The lowest BCUT2D eigenvalue weighted by molar-refractivity contribution is 0.0717. The Morgan fingerprint density at radius 1 is 1.08 bits per heavy atom. The van der Waals surface area contributed by atoms with Crippen molar-refractivity contribution in [3.63, 3.8) is 0 Å². The molecule has 1 aliphatic heterocycles. The van der Waals surface area contributed by atoms with Crippen molar-refractivity contribution in [3.8, 4) is 11.5 Å². The van der Waals surface area contributed by atoms with Crippen LogP contribution < -0.4 is 14.8 Å². The van der Waals surface area contributed by atoms with Crippen molar-refractivity contribution >= 4 is 27.5 Å². The monoisotopic (exact) mass is 418 g/mol. The summed E-state index contributed by atoms with van der Waals surface area (Å²) in [5.74, 6) is 1.26. The Balaban J connectivity index is 1.61. The van der Waals surface area contributed by atoms with Gasteiger partial charge in [-0.2, -0.15) is 0 Å². The molecule has 2 aromatic carbocycles. The number of halogens is 1. The number of rotatable bonds is 5. The van der Waals surface area contributed by atoms with E-state index in [1.54, 1.807) is 32.4 Å². The summed E-state index contributed by atoms with van der Waals surface area (Å²) in [5.41, 5.74) is 1.70. The molecule has 0 saturated carbocycles. The third-order valence-corrected chi connectivity index (χ3v) is 5.07. The van der Waals surface area contributed by atoms with Gasteiger partial charge in [-0.1, -0.05) is 22.0 Å². The molecule has 1 saturated heterocycles. The smallest absolute Gasteiger partial charge is 0.254 e. The number of carbonyl (C=O) groups is 1. The molecule has 0 unspecified atom stereocenters. The lowest BCUT2D eigenvalue weighted by Gasteiger charge is -2.33. The van der Waals surface area contributed by atoms with Gasteiger partial charge >= 0.3 is 0 Å². The van der Waals surface area contributed by atoms with Crippen LogP contribution in [0.4, 0.5) is 5.69 Å². The zero-order valence-electron chi connectivity index (χ0n) is 15.0. The Morgan fingerprint density at radius 3 is 2.31 bits per heavy atom. The first-order valence-electron chi connectivity index (χ1n) is 8.63. The maximum Gasteiger partial charge on any atom is 0.254 e. The number of amides is 1. The number of nitrogens with one attached hydrogen (secondary N) is 1. The van der Waals surface area contributed by atoms with Crippen molar-refractivity contribution in [1.82, 2.24) is 4.90 Å². The van der Waals surface area contributed by atoms with Gasteiger partial charge in [0.05, 0.1) is 14.2 Å². The van der Waals surface area contributed by atoms with E-state index < -0.39 is 0 Å². The predicted molar refractivity (Wildman–Crippen MR) is 106 cm³/mol. The molecule has 0 aromatic heterocycles. The highest BCUT2D eigenvalue weighted by Crippen LogP contribution is 2.25. The highest BCUT2D eigenvalue weighted by molar-refractivity contribution is 9.10. The van der Waals surface area contributed by atoms with Crippen molar-refractivity contribution in [1.29, 1.82) is 0 Å². The Labute approximate surface area is 162 Å². The highest BCUT2D eigenvalue weighted by Gasteiger charge is 2.24. The summed E-state index contributed by atoms with van der Waals surface area (Å²) in [6.45, 7) is 1.45. The van der Waals surface area contributed by atoms with Crippen LogP contribution in [0.15, 0.2) is 46.9 Å². The average molecular weight is 419 g/mol. The van der Waals surface area contributed by atoms with Crippen LogP contribution >= 0.6 is 15.9 Å². The van der Waals surface area contributed by atoms with Crippen molar-refractivity contribution in [2.75, 3.05) is 32.6 Å². The van der Waals surface area contributed by atoms with E-state index in [9.17, 15) is 4.79 Å². The normalized spacial score (nSPS) is 14.8. The molecule has 2 aromatic rings. The summed E-state index contributed by atoms with van der Waals surface area (Å²) in [7, 11) is 3.17. The zero-order chi connectivity index (χ0) is 18.5. The van der Waals surface area contributed by atoms with Gasteiger partial charge in [0.1, 0.15) is 11.5 Å². The van der Waals surface area contributed by atoms with Crippen LogP contribution in [0.25, 0.3) is 0 Å². The first-order chi connectivity index (χ1) is 12.6. The summed E-state index contributed by atoms with van der Waals surface area (Å²) in [4.78, 5) is 14.7. The number of ether oxygens (including phenoxy) is 2. The first kappa shape index (κ1) is 18.6. The van der Waals surface area contributed by atoms with E-state index in [0.717, 1.165) is 36.1 Å². The Morgan fingerprint density at radius 2 is 1.73 bits per heavy atom. The molecule has 1 heterocycles. The van der Waals surface area contributed by atoms with Crippen molar-refractivity contribution in [3.05, 3.63) is 52.5 Å². The third-order valence-electron chi connectivity index (χ3n) is 4.58. The number of methoxy groups -OCH3 is 2. The summed E-state index contributed by atoms with van der Waals surface area (Å²) in [6, 6.07) is 13.8. The number of carbonyl (C=O) groups excluding carboxylic acids is 1. The Bertz CT molecular complexity index is 751. The number of benzene rings is 2. The fraction of sp³-hybridized carbons (Fsp3) is 0.350. The van der Waals surface area contributed by atoms with Gasteiger partial charge in [0.25, 0.3) is 5.91 Å². The second-order valence-electron chi connectivity index (χ2n) is 6.32. The standard InChI is InChI=1S/C20H23BrN2O3/c1-25-18-10-14(11-19(13-18)26-2)20(24)23-8-6-16(7-9-23)22-17-5-3-4-15(21)12-17/h3-5,10-13,16,22H,6-9H2,1-2H3. The third kappa shape index (κ3) is 4.49. The lowest BCUT2D eigenvalue weighted by atomic mass is 10.0. The molecule has 1 N–H and O–H groups in total. The molecule has 0 spiro atoms. The maximum absolute atomic E-state index is 12.8. The van der Waals surface area contributed by atoms with Crippen LogP contribution in [0.1, 0.15) is 23.2 Å². The van der Waals surface area contributed by atoms with Gasteiger partial charge in [-0.3, -0.25) is 4.79 Å². The molecule has 0 bridgehead atoms. The summed E-state index contributed by atoms with van der Waals surface area (Å²) in [5, 5.41) is 3.55. The van der Waals surface area contributed by atoms with E-state index in [4.69, 9.17) is 9.47 Å². The van der Waals surface area contributed by atoms with Gasteiger partial charge in [-0.15, -0.1) is 0 Å². The molecule has 138 valence electrons. The van der Waals surface area contributed by atoms with Crippen molar-refractivity contribution in [2.45, 2.75) is 18.9 Å². The van der Waals surface area contributed by atoms with Crippen LogP contribution in [0.5, 0.6) is 11.5 Å². The second kappa shape index (κ2) is 8.45. The van der Waals surface area contributed by atoms with Crippen molar-refractivity contribution < 1.29 is 14.3 Å². The molecule has 1 fully saturated rings. The highest BCUT2D eigenvalue weighted by atomic mass is 79.9. The molecule has 6 heteroatoms. The van der Waals surface area contributed by atoms with E-state index in [-0.39, 0.29) is 5.91 Å². The van der Waals surface area contributed by atoms with Gasteiger partial charge < -0.3 is 19.7 Å². The number of hydrogen-bond donors (Lipinski definition) is 1. The SMILES string of the molecule is COc1cc(OC)cc(C(=O)N2CCC(Nc3cccc(Br)c3)CC2)c1. The quantitative estimate of drug-likeness (QED) is 0.790. The molecule has 1 amide bonds. The van der Waals surface area contributed by atoms with E-state index in [1.165, 1.54) is 0 Å². The fourth-order valence-electron chi connectivity index (χ4n) is 3.15. The molecule has 1 aliphatic rings. The number of hydrogen-bond acceptors (Lipinski definition) is 4. The minimum atomic E-state index is 0.0168. The summed E-state index contributed by atoms with van der Waals surface area (Å²) >= 11 is 3.49. The Hall–Kier alpha value is -2.21. The van der Waals surface area contributed by atoms with E-state index >= 15 is 0 Å². The molecular weight excluding hydrogens is 396 g/mol. The maximum atomic E-state index is 12.8. The van der Waals surface area contributed by atoms with Crippen LogP contribution in [0.2, 0.25) is 0 Å². The van der Waals surface area contributed by atoms with Crippen LogP contribution in [-0.2, 0) is 0 Å². The number of anilines is 1. The van der Waals surface area contributed by atoms with E-state index in [2.05, 4.69) is 33.4 Å². The van der Waals surface area contributed by atoms with Gasteiger partial charge in [-0.25, -0.2) is 0 Å². The molecule has 26 heavy (non-hydrogen) atoms. The number of likely N-dealkylation sites (tertiary alicyclic amines) is 1. The van der Waals surface area contributed by atoms with Crippen LogP contribution in [-0.4, -0.2) is 44.2 Å². The zero-order valence-corrected chi connectivity index (χ0v) is 16.6. The minimum Gasteiger partial charge on any atom is -0.497 e. The average Bonchev–Trinajstić information content (AvgIpc) is 2.67.